The van der Waals surface area contributed by atoms with Gasteiger partial charge < -0.3 is 5.73 Å². The molecule has 3 atom stereocenters. The van der Waals surface area contributed by atoms with E-state index in [0.717, 1.165) is 25.7 Å². The summed E-state index contributed by atoms with van der Waals surface area (Å²) >= 11 is 0. The van der Waals surface area contributed by atoms with Gasteiger partial charge in [0, 0.05) is 0 Å². The molecular weight excluding hydrogens is 270 g/mol. The predicted molar refractivity (Wildman–Crippen MR) is 86.4 cm³/mol. The van der Waals surface area contributed by atoms with Crippen LogP contribution in [0.2, 0.25) is 0 Å². The Bertz CT molecular complexity index is 395. The van der Waals surface area contributed by atoms with Gasteiger partial charge in [-0.3, -0.25) is 0 Å². The molecule has 0 aromatic rings. The maximum Gasteiger partial charge on any atom is 0.153 e. The van der Waals surface area contributed by atoms with Gasteiger partial charge in [0.2, 0.25) is 0 Å². The molecule has 0 heterocycles. The van der Waals surface area contributed by atoms with Crippen molar-refractivity contribution in [2.24, 2.45) is 28.9 Å². The average molecular weight is 304 g/mol. The number of hydrogen-bond donors (Lipinski definition) is 1. The first-order valence-corrected chi connectivity index (χ1v) is 9.71. The van der Waals surface area contributed by atoms with Gasteiger partial charge in [0.05, 0.1) is 11.0 Å². The molecule has 0 saturated heterocycles. The van der Waals surface area contributed by atoms with Gasteiger partial charge in [0.15, 0.2) is 9.84 Å². The van der Waals surface area contributed by atoms with Gasteiger partial charge in [-0.1, -0.05) is 34.6 Å². The normalized spacial score (nSPS) is 28.9. The highest BCUT2D eigenvalue weighted by atomic mass is 32.2. The monoisotopic (exact) mass is 303 g/mol. The SMILES string of the molecule is CC(C)CCS(=O)(=O)C1CC(C(C)(C)C)CCC1CN. The Labute approximate surface area is 125 Å². The van der Waals surface area contributed by atoms with Crippen molar-refractivity contribution in [3.05, 3.63) is 0 Å². The summed E-state index contributed by atoms with van der Waals surface area (Å²) < 4.78 is 25.4. The van der Waals surface area contributed by atoms with Crippen LogP contribution in [-0.2, 0) is 9.84 Å². The number of rotatable bonds is 5. The molecule has 120 valence electrons. The Balaban J connectivity index is 2.86. The molecule has 0 radical (unpaired) electrons. The van der Waals surface area contributed by atoms with Gasteiger partial charge in [0.1, 0.15) is 0 Å². The van der Waals surface area contributed by atoms with Gasteiger partial charge >= 0.3 is 0 Å². The second-order valence-electron chi connectivity index (χ2n) is 7.96. The van der Waals surface area contributed by atoms with Crippen LogP contribution in [0.25, 0.3) is 0 Å². The first-order valence-electron chi connectivity index (χ1n) is 7.99. The molecule has 0 amide bonds. The van der Waals surface area contributed by atoms with Crippen LogP contribution in [0.3, 0.4) is 0 Å². The van der Waals surface area contributed by atoms with Crippen LogP contribution in [0.15, 0.2) is 0 Å². The summed E-state index contributed by atoms with van der Waals surface area (Å²) in [6.45, 7) is 11.3. The van der Waals surface area contributed by atoms with Crippen molar-refractivity contribution < 1.29 is 8.42 Å². The van der Waals surface area contributed by atoms with E-state index in [2.05, 4.69) is 34.6 Å². The molecule has 2 N–H and O–H groups in total. The predicted octanol–water partition coefficient (Wildman–Crippen LogP) is 3.24. The van der Waals surface area contributed by atoms with Crippen molar-refractivity contribution in [1.29, 1.82) is 0 Å². The number of nitrogens with two attached hydrogens (primary N) is 1. The van der Waals surface area contributed by atoms with Crippen LogP contribution in [0, 0.1) is 23.2 Å². The van der Waals surface area contributed by atoms with E-state index in [1.165, 1.54) is 0 Å². The molecule has 1 rings (SSSR count). The quantitative estimate of drug-likeness (QED) is 0.848. The van der Waals surface area contributed by atoms with Crippen LogP contribution in [0.5, 0.6) is 0 Å². The molecule has 1 aliphatic rings. The molecule has 0 spiro atoms. The summed E-state index contributed by atoms with van der Waals surface area (Å²) in [7, 11) is -3.01. The Morgan fingerprint density at radius 1 is 1.20 bits per heavy atom. The molecule has 3 nitrogen and oxygen atoms in total. The topological polar surface area (TPSA) is 60.2 Å². The van der Waals surface area contributed by atoms with Crippen molar-refractivity contribution >= 4 is 9.84 Å². The zero-order chi connectivity index (χ0) is 15.6. The fourth-order valence-corrected chi connectivity index (χ4v) is 5.70. The summed E-state index contributed by atoms with van der Waals surface area (Å²) in [5.41, 5.74) is 6.02. The van der Waals surface area contributed by atoms with Crippen molar-refractivity contribution in [3.63, 3.8) is 0 Å². The van der Waals surface area contributed by atoms with Gasteiger partial charge in [-0.2, -0.15) is 0 Å². The van der Waals surface area contributed by atoms with E-state index >= 15 is 0 Å². The molecule has 20 heavy (non-hydrogen) atoms. The lowest BCUT2D eigenvalue weighted by Gasteiger charge is -2.41. The Morgan fingerprint density at radius 3 is 2.25 bits per heavy atom. The van der Waals surface area contributed by atoms with E-state index in [1.54, 1.807) is 0 Å². The van der Waals surface area contributed by atoms with Crippen LogP contribution in [0.1, 0.15) is 60.3 Å². The highest BCUT2D eigenvalue weighted by Gasteiger charge is 2.41. The second-order valence-corrected chi connectivity index (χ2v) is 10.3. The fourth-order valence-electron chi connectivity index (χ4n) is 3.24. The fraction of sp³-hybridized carbons (Fsp3) is 1.00. The summed E-state index contributed by atoms with van der Waals surface area (Å²) in [5.74, 6) is 1.40. The molecule has 1 saturated carbocycles. The standard InChI is InChI=1S/C16H33NO2S/c1-12(2)8-9-20(18,19)15-10-14(16(3,4)5)7-6-13(15)11-17/h12-15H,6-11,17H2,1-5H3. The lowest BCUT2D eigenvalue weighted by Crippen LogP contribution is -2.43. The summed E-state index contributed by atoms with van der Waals surface area (Å²) in [4.78, 5) is 0. The summed E-state index contributed by atoms with van der Waals surface area (Å²) in [6, 6.07) is 0. The highest BCUT2D eigenvalue weighted by Crippen LogP contribution is 2.42. The van der Waals surface area contributed by atoms with Crippen LogP contribution >= 0.6 is 0 Å². The molecule has 3 unspecified atom stereocenters. The highest BCUT2D eigenvalue weighted by molar-refractivity contribution is 7.92. The van der Waals surface area contributed by atoms with E-state index in [1.807, 2.05) is 0 Å². The van der Waals surface area contributed by atoms with E-state index in [-0.39, 0.29) is 16.6 Å². The molecule has 0 bridgehead atoms. The zero-order valence-electron chi connectivity index (χ0n) is 13.9. The smallest absolute Gasteiger partial charge is 0.153 e. The third-order valence-electron chi connectivity index (χ3n) is 4.90. The van der Waals surface area contributed by atoms with E-state index in [9.17, 15) is 8.42 Å². The van der Waals surface area contributed by atoms with Gasteiger partial charge in [-0.05, 0) is 55.4 Å². The average Bonchev–Trinajstić information content (AvgIpc) is 2.34. The lowest BCUT2D eigenvalue weighted by atomic mass is 9.69. The van der Waals surface area contributed by atoms with Crippen molar-refractivity contribution in [1.82, 2.24) is 0 Å². The molecular formula is C16H33NO2S. The van der Waals surface area contributed by atoms with E-state index in [0.29, 0.717) is 24.1 Å². The molecule has 0 aliphatic heterocycles. The number of sulfone groups is 1. The molecule has 0 aromatic carbocycles. The van der Waals surface area contributed by atoms with E-state index < -0.39 is 9.84 Å². The number of hydrogen-bond acceptors (Lipinski definition) is 3. The first-order chi connectivity index (χ1) is 9.08. The van der Waals surface area contributed by atoms with Crippen LogP contribution in [0.4, 0.5) is 0 Å². The first kappa shape index (κ1) is 18.0. The molecule has 1 aliphatic carbocycles. The third-order valence-corrected chi connectivity index (χ3v) is 7.20. The summed E-state index contributed by atoms with van der Waals surface area (Å²) in [5, 5.41) is -0.218. The van der Waals surface area contributed by atoms with Gasteiger partial charge in [-0.25, -0.2) is 8.42 Å². The second kappa shape index (κ2) is 6.78. The minimum Gasteiger partial charge on any atom is -0.330 e. The summed E-state index contributed by atoms with van der Waals surface area (Å²) in [6.07, 6.45) is 3.63. The Morgan fingerprint density at radius 2 is 1.80 bits per heavy atom. The van der Waals surface area contributed by atoms with E-state index in [4.69, 9.17) is 5.73 Å². The zero-order valence-corrected chi connectivity index (χ0v) is 14.7. The van der Waals surface area contributed by atoms with Gasteiger partial charge in [-0.15, -0.1) is 0 Å². The van der Waals surface area contributed by atoms with Crippen LogP contribution in [-0.4, -0.2) is 26.0 Å². The van der Waals surface area contributed by atoms with Crippen LogP contribution < -0.4 is 5.73 Å². The largest absolute Gasteiger partial charge is 0.330 e. The maximum atomic E-state index is 12.7. The minimum atomic E-state index is -3.01. The lowest BCUT2D eigenvalue weighted by molar-refractivity contribution is 0.154. The Kier molecular flexibility index (Phi) is 6.09. The van der Waals surface area contributed by atoms with Gasteiger partial charge in [0.25, 0.3) is 0 Å². The molecule has 4 heteroatoms. The Hall–Kier alpha value is -0.0900. The minimum absolute atomic E-state index is 0.158. The van der Waals surface area contributed by atoms with Crippen molar-refractivity contribution in [3.8, 4) is 0 Å². The molecule has 1 fully saturated rings. The van der Waals surface area contributed by atoms with Crippen molar-refractivity contribution in [2.75, 3.05) is 12.3 Å². The molecule has 0 aromatic heterocycles. The third kappa shape index (κ3) is 4.73. The maximum absolute atomic E-state index is 12.7. The van der Waals surface area contributed by atoms with Crippen molar-refractivity contribution in [2.45, 2.75) is 65.6 Å².